The van der Waals surface area contributed by atoms with Crippen molar-refractivity contribution in [3.8, 4) is 0 Å². The lowest BCUT2D eigenvalue weighted by Gasteiger charge is -2.12. The van der Waals surface area contributed by atoms with Crippen LogP contribution in [0, 0.1) is 12.8 Å². The number of carbonyl (C=O) groups is 1. The third kappa shape index (κ3) is 4.35. The minimum Gasteiger partial charge on any atom is -0.385 e. The summed E-state index contributed by atoms with van der Waals surface area (Å²) >= 11 is 0. The van der Waals surface area contributed by atoms with E-state index in [-0.39, 0.29) is 5.91 Å². The average molecular weight is 249 g/mol. The summed E-state index contributed by atoms with van der Waals surface area (Å²) in [7, 11) is 0. The number of carbonyl (C=O) groups excluding carboxylic acids is 1. The number of pyridine rings is 1. The minimum absolute atomic E-state index is 0.0564. The van der Waals surface area contributed by atoms with Crippen molar-refractivity contribution in [2.75, 3.05) is 18.4 Å². The molecule has 0 unspecified atom stereocenters. The summed E-state index contributed by atoms with van der Waals surface area (Å²) in [5, 5.41) is 6.13. The summed E-state index contributed by atoms with van der Waals surface area (Å²) in [6.45, 7) is 9.70. The van der Waals surface area contributed by atoms with Gasteiger partial charge in [-0.25, -0.2) is 0 Å². The van der Waals surface area contributed by atoms with Crippen LogP contribution in [0.3, 0.4) is 0 Å². The second-order valence-electron chi connectivity index (χ2n) is 4.84. The Morgan fingerprint density at radius 2 is 2.17 bits per heavy atom. The fourth-order valence-electron chi connectivity index (χ4n) is 1.65. The fourth-order valence-corrected chi connectivity index (χ4v) is 1.65. The molecule has 0 spiro atoms. The van der Waals surface area contributed by atoms with E-state index in [2.05, 4.69) is 29.5 Å². The SMILES string of the molecule is CCNc1cc(C)ncc1C(=O)NCCC(C)C. The molecule has 0 aromatic carbocycles. The Morgan fingerprint density at radius 1 is 1.44 bits per heavy atom. The second kappa shape index (κ2) is 6.99. The highest BCUT2D eigenvalue weighted by Gasteiger charge is 2.11. The zero-order chi connectivity index (χ0) is 13.5. The highest BCUT2D eigenvalue weighted by molar-refractivity contribution is 5.99. The first-order chi connectivity index (χ1) is 8.54. The first kappa shape index (κ1) is 14.5. The van der Waals surface area contributed by atoms with Crippen LogP contribution >= 0.6 is 0 Å². The highest BCUT2D eigenvalue weighted by atomic mass is 16.1. The Morgan fingerprint density at radius 3 is 2.78 bits per heavy atom. The number of hydrogen-bond donors (Lipinski definition) is 2. The van der Waals surface area contributed by atoms with E-state index in [1.54, 1.807) is 6.20 Å². The molecule has 1 heterocycles. The largest absolute Gasteiger partial charge is 0.385 e. The van der Waals surface area contributed by atoms with Gasteiger partial charge in [-0.3, -0.25) is 9.78 Å². The molecule has 4 heteroatoms. The number of aromatic nitrogens is 1. The van der Waals surface area contributed by atoms with E-state index in [9.17, 15) is 4.79 Å². The van der Waals surface area contributed by atoms with Crippen LogP contribution in [-0.4, -0.2) is 24.0 Å². The minimum atomic E-state index is -0.0564. The smallest absolute Gasteiger partial charge is 0.254 e. The van der Waals surface area contributed by atoms with Crippen molar-refractivity contribution in [2.24, 2.45) is 5.92 Å². The lowest BCUT2D eigenvalue weighted by molar-refractivity contribution is 0.0952. The van der Waals surface area contributed by atoms with Gasteiger partial charge in [0.15, 0.2) is 0 Å². The topological polar surface area (TPSA) is 54.0 Å². The van der Waals surface area contributed by atoms with Crippen LogP contribution in [0.1, 0.15) is 43.2 Å². The molecular weight excluding hydrogens is 226 g/mol. The first-order valence-electron chi connectivity index (χ1n) is 6.53. The van der Waals surface area contributed by atoms with E-state index in [1.165, 1.54) is 0 Å². The third-order valence-corrected chi connectivity index (χ3v) is 2.66. The zero-order valence-electron chi connectivity index (χ0n) is 11.7. The van der Waals surface area contributed by atoms with Gasteiger partial charge in [-0.15, -0.1) is 0 Å². The summed E-state index contributed by atoms with van der Waals surface area (Å²) in [4.78, 5) is 16.2. The van der Waals surface area contributed by atoms with Gasteiger partial charge in [-0.05, 0) is 32.3 Å². The van der Waals surface area contributed by atoms with Gasteiger partial charge in [0, 0.05) is 25.0 Å². The average Bonchev–Trinajstić information content (AvgIpc) is 2.29. The Balaban J connectivity index is 2.72. The van der Waals surface area contributed by atoms with Crippen LogP contribution < -0.4 is 10.6 Å². The van der Waals surface area contributed by atoms with Gasteiger partial charge >= 0.3 is 0 Å². The quantitative estimate of drug-likeness (QED) is 0.814. The van der Waals surface area contributed by atoms with Crippen LogP contribution in [-0.2, 0) is 0 Å². The number of anilines is 1. The number of rotatable bonds is 6. The lowest BCUT2D eigenvalue weighted by Crippen LogP contribution is -2.26. The Bertz CT molecular complexity index is 402. The van der Waals surface area contributed by atoms with Crippen LogP contribution in [0.5, 0.6) is 0 Å². The van der Waals surface area contributed by atoms with Gasteiger partial charge in [0.2, 0.25) is 0 Å². The normalized spacial score (nSPS) is 10.5. The molecule has 0 saturated carbocycles. The first-order valence-corrected chi connectivity index (χ1v) is 6.53. The van der Waals surface area contributed by atoms with Crippen LogP contribution in [0.2, 0.25) is 0 Å². The van der Waals surface area contributed by atoms with Gasteiger partial charge in [0.1, 0.15) is 0 Å². The van der Waals surface area contributed by atoms with Crippen molar-refractivity contribution in [3.05, 3.63) is 23.5 Å². The molecule has 0 saturated heterocycles. The molecular formula is C14H23N3O. The van der Waals surface area contributed by atoms with Gasteiger partial charge in [-0.1, -0.05) is 13.8 Å². The summed E-state index contributed by atoms with van der Waals surface area (Å²) < 4.78 is 0. The third-order valence-electron chi connectivity index (χ3n) is 2.66. The van der Waals surface area contributed by atoms with Crippen molar-refractivity contribution >= 4 is 11.6 Å². The maximum atomic E-state index is 12.0. The summed E-state index contributed by atoms with van der Waals surface area (Å²) in [6.07, 6.45) is 2.62. The maximum Gasteiger partial charge on any atom is 0.254 e. The summed E-state index contributed by atoms with van der Waals surface area (Å²) in [5.41, 5.74) is 2.38. The van der Waals surface area contributed by atoms with E-state index in [0.29, 0.717) is 18.0 Å². The highest BCUT2D eigenvalue weighted by Crippen LogP contribution is 2.15. The van der Waals surface area contributed by atoms with E-state index in [4.69, 9.17) is 0 Å². The van der Waals surface area contributed by atoms with Gasteiger partial charge in [0.25, 0.3) is 5.91 Å². The monoisotopic (exact) mass is 249 g/mol. The van der Waals surface area contributed by atoms with Gasteiger partial charge in [-0.2, -0.15) is 0 Å². The number of nitrogens with zero attached hydrogens (tertiary/aromatic N) is 1. The molecule has 0 aliphatic rings. The Labute approximate surface area is 109 Å². The van der Waals surface area contributed by atoms with E-state index < -0.39 is 0 Å². The molecule has 2 N–H and O–H groups in total. The van der Waals surface area contributed by atoms with E-state index >= 15 is 0 Å². The van der Waals surface area contributed by atoms with Crippen LogP contribution in [0.25, 0.3) is 0 Å². The van der Waals surface area contributed by atoms with Crippen molar-refractivity contribution < 1.29 is 4.79 Å². The van der Waals surface area contributed by atoms with Gasteiger partial charge in [0.05, 0.1) is 11.3 Å². The molecule has 0 fully saturated rings. The maximum absolute atomic E-state index is 12.0. The van der Waals surface area contributed by atoms with Crippen molar-refractivity contribution in [1.82, 2.24) is 10.3 Å². The number of nitrogens with one attached hydrogen (secondary N) is 2. The number of hydrogen-bond acceptors (Lipinski definition) is 3. The van der Waals surface area contributed by atoms with Crippen molar-refractivity contribution in [2.45, 2.75) is 34.1 Å². The molecule has 1 rings (SSSR count). The van der Waals surface area contributed by atoms with Crippen molar-refractivity contribution in [1.29, 1.82) is 0 Å². The Hall–Kier alpha value is -1.58. The predicted octanol–water partition coefficient (Wildman–Crippen LogP) is 2.60. The summed E-state index contributed by atoms with van der Waals surface area (Å²) in [6, 6.07) is 1.90. The molecule has 18 heavy (non-hydrogen) atoms. The van der Waals surface area contributed by atoms with Gasteiger partial charge < -0.3 is 10.6 Å². The Kier molecular flexibility index (Phi) is 5.62. The molecule has 0 aliphatic heterocycles. The second-order valence-corrected chi connectivity index (χ2v) is 4.84. The number of amides is 1. The molecule has 1 amide bonds. The molecule has 0 atom stereocenters. The molecule has 4 nitrogen and oxygen atoms in total. The standard InChI is InChI=1S/C14H23N3O/c1-5-15-13-8-11(4)17-9-12(13)14(18)16-7-6-10(2)3/h8-10H,5-7H2,1-4H3,(H,15,17)(H,16,18). The van der Waals surface area contributed by atoms with E-state index in [0.717, 1.165) is 24.3 Å². The zero-order valence-corrected chi connectivity index (χ0v) is 11.7. The molecule has 0 aliphatic carbocycles. The summed E-state index contributed by atoms with van der Waals surface area (Å²) in [5.74, 6) is 0.536. The molecule has 1 aromatic heterocycles. The van der Waals surface area contributed by atoms with Crippen LogP contribution in [0.4, 0.5) is 5.69 Å². The molecule has 0 bridgehead atoms. The number of aryl methyl sites for hydroxylation is 1. The van der Waals surface area contributed by atoms with Crippen LogP contribution in [0.15, 0.2) is 12.3 Å². The fraction of sp³-hybridized carbons (Fsp3) is 0.571. The predicted molar refractivity (Wildman–Crippen MR) is 74.9 cm³/mol. The molecule has 100 valence electrons. The van der Waals surface area contributed by atoms with E-state index in [1.807, 2.05) is 19.9 Å². The van der Waals surface area contributed by atoms with Crippen molar-refractivity contribution in [3.63, 3.8) is 0 Å². The molecule has 1 aromatic rings. The lowest BCUT2D eigenvalue weighted by atomic mass is 10.1. The molecule has 0 radical (unpaired) electrons.